The number of fused-ring (bicyclic) bond motifs is 1. The van der Waals surface area contributed by atoms with E-state index in [-0.39, 0.29) is 24.8 Å². The summed E-state index contributed by atoms with van der Waals surface area (Å²) in [5.41, 5.74) is 1.35. The molecule has 4 rings (SSSR count). The van der Waals surface area contributed by atoms with Crippen LogP contribution >= 0.6 is 0 Å². The molecule has 0 aromatic heterocycles. The van der Waals surface area contributed by atoms with Crippen molar-refractivity contribution in [1.82, 2.24) is 5.32 Å². The summed E-state index contributed by atoms with van der Waals surface area (Å²) in [6.45, 7) is -0.0607. The number of hydrogen-bond donors (Lipinski definition) is 2. The number of carbonyl (C=O) groups excluding carboxylic acids is 2. The Morgan fingerprint density at radius 2 is 1.78 bits per heavy atom. The summed E-state index contributed by atoms with van der Waals surface area (Å²) in [4.78, 5) is 27.9. The molecule has 0 spiro atoms. The van der Waals surface area contributed by atoms with Crippen molar-refractivity contribution in [2.45, 2.75) is 36.6 Å². The Morgan fingerprint density at radius 3 is 2.44 bits per heavy atom. The lowest BCUT2D eigenvalue weighted by molar-refractivity contribution is -0.130. The van der Waals surface area contributed by atoms with Crippen LogP contribution in [-0.2, 0) is 21.4 Å². The van der Waals surface area contributed by atoms with Gasteiger partial charge in [0.15, 0.2) is 0 Å². The molecule has 2 aliphatic rings. The number of aliphatic hydroxyl groups excluding tert-OH is 1. The van der Waals surface area contributed by atoms with Crippen molar-refractivity contribution in [3.05, 3.63) is 65.7 Å². The third-order valence-corrected chi connectivity index (χ3v) is 5.87. The van der Waals surface area contributed by atoms with Crippen LogP contribution in [0.2, 0.25) is 0 Å². The normalized spacial score (nSPS) is 22.4. The minimum Gasteiger partial charge on any atom is -0.394 e. The third-order valence-electron chi connectivity index (χ3n) is 5.87. The number of rotatable bonds is 6. The quantitative estimate of drug-likeness (QED) is 0.825. The number of aliphatic hydroxyl groups is 1. The van der Waals surface area contributed by atoms with E-state index < -0.39 is 11.0 Å². The van der Waals surface area contributed by atoms with Gasteiger partial charge >= 0.3 is 0 Å². The fourth-order valence-corrected chi connectivity index (χ4v) is 4.15. The molecule has 2 N–H and O–H groups in total. The van der Waals surface area contributed by atoms with Crippen LogP contribution in [-0.4, -0.2) is 36.1 Å². The smallest absolute Gasteiger partial charge is 0.238 e. The summed E-state index contributed by atoms with van der Waals surface area (Å²) in [5.74, 6) is -0.243. The van der Waals surface area contributed by atoms with Gasteiger partial charge < -0.3 is 15.3 Å². The molecule has 1 aliphatic heterocycles. The second-order valence-electron chi connectivity index (χ2n) is 7.79. The lowest BCUT2D eigenvalue weighted by Crippen LogP contribution is -2.47. The molecule has 1 aliphatic carbocycles. The predicted molar refractivity (Wildman–Crippen MR) is 103 cm³/mol. The van der Waals surface area contributed by atoms with Crippen molar-refractivity contribution in [2.24, 2.45) is 0 Å². The molecule has 5 nitrogen and oxygen atoms in total. The van der Waals surface area contributed by atoms with Crippen LogP contribution in [0.25, 0.3) is 0 Å². The van der Waals surface area contributed by atoms with E-state index in [9.17, 15) is 14.7 Å². The standard InChI is InChI=1S/C22H24N2O3/c1-24-18-10-6-5-9-17(18)22(20(24)27,13-16-7-3-2-4-8-16)14-19(26)23-21(15-25)11-12-21/h2-10,25H,11-15H2,1H3,(H,23,26). The van der Waals surface area contributed by atoms with Crippen LogP contribution in [0.1, 0.15) is 30.4 Å². The van der Waals surface area contributed by atoms with Crippen molar-refractivity contribution >= 4 is 17.5 Å². The molecule has 1 heterocycles. The van der Waals surface area contributed by atoms with E-state index in [4.69, 9.17) is 0 Å². The lowest BCUT2D eigenvalue weighted by atomic mass is 9.73. The van der Waals surface area contributed by atoms with Crippen LogP contribution in [0.5, 0.6) is 0 Å². The van der Waals surface area contributed by atoms with Gasteiger partial charge in [0.25, 0.3) is 0 Å². The Balaban J connectivity index is 1.72. The molecule has 0 saturated heterocycles. The maximum absolute atomic E-state index is 13.4. The molecular weight excluding hydrogens is 340 g/mol. The van der Waals surface area contributed by atoms with Crippen molar-refractivity contribution in [1.29, 1.82) is 0 Å². The molecule has 1 atom stereocenters. The van der Waals surface area contributed by atoms with Gasteiger partial charge in [-0.15, -0.1) is 0 Å². The molecule has 2 aromatic rings. The summed E-state index contributed by atoms with van der Waals surface area (Å²) >= 11 is 0. The Morgan fingerprint density at radius 1 is 1.11 bits per heavy atom. The zero-order valence-electron chi connectivity index (χ0n) is 15.4. The number of anilines is 1. The molecule has 0 bridgehead atoms. The molecule has 2 amide bonds. The lowest BCUT2D eigenvalue weighted by Gasteiger charge is -2.29. The Kier molecular flexibility index (Phi) is 4.27. The van der Waals surface area contributed by atoms with Crippen LogP contribution in [0.4, 0.5) is 5.69 Å². The van der Waals surface area contributed by atoms with Crippen molar-refractivity contribution < 1.29 is 14.7 Å². The van der Waals surface area contributed by atoms with Gasteiger partial charge in [-0.05, 0) is 36.5 Å². The Bertz CT molecular complexity index is 876. The van der Waals surface area contributed by atoms with Gasteiger partial charge in [-0.25, -0.2) is 0 Å². The van der Waals surface area contributed by atoms with E-state index in [0.29, 0.717) is 6.42 Å². The second kappa shape index (κ2) is 6.50. The van der Waals surface area contributed by atoms with Crippen LogP contribution < -0.4 is 10.2 Å². The zero-order valence-corrected chi connectivity index (χ0v) is 15.4. The first-order valence-electron chi connectivity index (χ1n) is 9.33. The SMILES string of the molecule is CN1C(=O)C(CC(=O)NC2(CO)CC2)(Cc2ccccc2)c2ccccc21. The monoisotopic (exact) mass is 364 g/mol. The van der Waals surface area contributed by atoms with Gasteiger partial charge in [0, 0.05) is 19.2 Å². The van der Waals surface area contributed by atoms with Gasteiger partial charge in [-0.1, -0.05) is 48.5 Å². The van der Waals surface area contributed by atoms with Crippen LogP contribution in [0.15, 0.2) is 54.6 Å². The van der Waals surface area contributed by atoms with Crippen LogP contribution in [0.3, 0.4) is 0 Å². The highest BCUT2D eigenvalue weighted by molar-refractivity contribution is 6.10. The molecule has 1 saturated carbocycles. The molecule has 140 valence electrons. The number of nitrogens with zero attached hydrogens (tertiary/aromatic N) is 1. The van der Waals surface area contributed by atoms with E-state index in [2.05, 4.69) is 5.32 Å². The van der Waals surface area contributed by atoms with Gasteiger partial charge in [0.1, 0.15) is 0 Å². The summed E-state index contributed by atoms with van der Waals surface area (Å²) < 4.78 is 0. The topological polar surface area (TPSA) is 69.6 Å². The first-order chi connectivity index (χ1) is 13.0. The molecule has 0 radical (unpaired) electrons. The first-order valence-corrected chi connectivity index (χ1v) is 9.33. The molecular formula is C22H24N2O3. The number of likely N-dealkylation sites (N-methyl/N-ethyl adjacent to an activating group) is 1. The minimum absolute atomic E-state index is 0.0588. The Labute approximate surface area is 159 Å². The van der Waals surface area contributed by atoms with E-state index in [1.54, 1.807) is 11.9 Å². The zero-order chi connectivity index (χ0) is 19.1. The van der Waals surface area contributed by atoms with E-state index in [1.165, 1.54) is 0 Å². The summed E-state index contributed by atoms with van der Waals surface area (Å²) in [6, 6.07) is 17.5. The summed E-state index contributed by atoms with van der Waals surface area (Å²) in [5, 5.41) is 12.5. The van der Waals surface area contributed by atoms with Gasteiger partial charge in [-0.2, -0.15) is 0 Å². The van der Waals surface area contributed by atoms with Gasteiger partial charge in [-0.3, -0.25) is 9.59 Å². The summed E-state index contributed by atoms with van der Waals surface area (Å²) in [7, 11) is 1.77. The number of carbonyl (C=O) groups is 2. The first kappa shape index (κ1) is 17.7. The number of benzene rings is 2. The summed E-state index contributed by atoms with van der Waals surface area (Å²) in [6.07, 6.45) is 2.11. The van der Waals surface area contributed by atoms with Crippen LogP contribution in [0, 0.1) is 0 Å². The van der Waals surface area contributed by atoms with E-state index in [0.717, 1.165) is 29.7 Å². The molecule has 1 unspecified atom stereocenters. The maximum Gasteiger partial charge on any atom is 0.238 e. The highest BCUT2D eigenvalue weighted by atomic mass is 16.3. The highest BCUT2D eigenvalue weighted by Gasteiger charge is 2.52. The van der Waals surface area contributed by atoms with Gasteiger partial charge in [0.2, 0.25) is 11.8 Å². The average molecular weight is 364 g/mol. The fourth-order valence-electron chi connectivity index (χ4n) is 4.15. The minimum atomic E-state index is -0.928. The average Bonchev–Trinajstić information content (AvgIpc) is 3.43. The fraction of sp³-hybridized carbons (Fsp3) is 0.364. The second-order valence-corrected chi connectivity index (χ2v) is 7.79. The largest absolute Gasteiger partial charge is 0.394 e. The number of nitrogens with one attached hydrogen (secondary N) is 1. The van der Waals surface area contributed by atoms with Crippen molar-refractivity contribution in [3.63, 3.8) is 0 Å². The Hall–Kier alpha value is -2.66. The third kappa shape index (κ3) is 3.02. The maximum atomic E-state index is 13.4. The number of amides is 2. The predicted octanol–water partition coefficient (Wildman–Crippen LogP) is 2.17. The number of para-hydroxylation sites is 1. The highest BCUT2D eigenvalue weighted by Crippen LogP contribution is 2.46. The van der Waals surface area contributed by atoms with E-state index >= 15 is 0 Å². The number of hydrogen-bond acceptors (Lipinski definition) is 3. The van der Waals surface area contributed by atoms with Gasteiger partial charge in [0.05, 0.1) is 17.6 Å². The molecule has 5 heteroatoms. The van der Waals surface area contributed by atoms with Crippen molar-refractivity contribution in [3.8, 4) is 0 Å². The molecule has 1 fully saturated rings. The molecule has 2 aromatic carbocycles. The molecule has 27 heavy (non-hydrogen) atoms. The van der Waals surface area contributed by atoms with Crippen molar-refractivity contribution in [2.75, 3.05) is 18.6 Å². The van der Waals surface area contributed by atoms with E-state index in [1.807, 2.05) is 54.6 Å².